The third-order valence-electron chi connectivity index (χ3n) is 2.10. The van der Waals surface area contributed by atoms with Crippen LogP contribution in [0.3, 0.4) is 0 Å². The molecule has 0 amide bonds. The minimum Gasteiger partial charge on any atom is -0.228 e. The largest absolute Gasteiger partial charge is 0.232 e. The van der Waals surface area contributed by atoms with Crippen LogP contribution in [0.5, 0.6) is 0 Å². The van der Waals surface area contributed by atoms with E-state index in [-0.39, 0.29) is 5.82 Å². The fraction of sp³-hybridized carbons (Fsp3) is 0.545. The van der Waals surface area contributed by atoms with Crippen LogP contribution in [0, 0.1) is 11.3 Å². The maximum absolute atomic E-state index is 8.60. The lowest BCUT2D eigenvalue weighted by atomic mass is 10.1. The Kier molecular flexibility index (Phi) is 4.63. The van der Waals surface area contributed by atoms with Gasteiger partial charge in [-0.05, 0) is 18.9 Å². The standard InChI is InChI=1S/C11H15N3/c1-2-3-4-5-6-10-7-8-13-11(9-12)14-10/h7-8H,2-6H2,1H3. The van der Waals surface area contributed by atoms with E-state index in [1.807, 2.05) is 12.1 Å². The molecule has 1 aromatic heterocycles. The predicted molar refractivity (Wildman–Crippen MR) is 54.6 cm³/mol. The number of rotatable bonds is 5. The third-order valence-corrected chi connectivity index (χ3v) is 2.10. The molecule has 0 saturated carbocycles. The fourth-order valence-electron chi connectivity index (χ4n) is 1.32. The molecule has 0 fully saturated rings. The summed E-state index contributed by atoms with van der Waals surface area (Å²) in [6.07, 6.45) is 7.51. The van der Waals surface area contributed by atoms with Gasteiger partial charge in [0.15, 0.2) is 0 Å². The van der Waals surface area contributed by atoms with Crippen molar-refractivity contribution in [3.63, 3.8) is 0 Å². The molecule has 3 heteroatoms. The van der Waals surface area contributed by atoms with Gasteiger partial charge in [0, 0.05) is 11.9 Å². The molecule has 0 aromatic carbocycles. The minimum atomic E-state index is 0.276. The van der Waals surface area contributed by atoms with E-state index in [1.165, 1.54) is 19.3 Å². The summed E-state index contributed by atoms with van der Waals surface area (Å²) in [6, 6.07) is 3.83. The average Bonchev–Trinajstić information content (AvgIpc) is 2.25. The van der Waals surface area contributed by atoms with Crippen molar-refractivity contribution < 1.29 is 0 Å². The highest BCUT2D eigenvalue weighted by atomic mass is 14.9. The average molecular weight is 189 g/mol. The summed E-state index contributed by atoms with van der Waals surface area (Å²) in [5.74, 6) is 0.276. The van der Waals surface area contributed by atoms with E-state index in [1.54, 1.807) is 6.20 Å². The van der Waals surface area contributed by atoms with Crippen LogP contribution < -0.4 is 0 Å². The molecule has 0 N–H and O–H groups in total. The number of nitriles is 1. The van der Waals surface area contributed by atoms with Crippen molar-refractivity contribution in [2.45, 2.75) is 39.0 Å². The van der Waals surface area contributed by atoms with Crippen LogP contribution in [0.2, 0.25) is 0 Å². The van der Waals surface area contributed by atoms with Crippen molar-refractivity contribution in [2.75, 3.05) is 0 Å². The second-order valence-electron chi connectivity index (χ2n) is 3.29. The van der Waals surface area contributed by atoms with Crippen LogP contribution in [-0.4, -0.2) is 9.97 Å². The smallest absolute Gasteiger partial charge is 0.228 e. The number of aromatic nitrogens is 2. The summed E-state index contributed by atoms with van der Waals surface area (Å²) in [4.78, 5) is 7.95. The van der Waals surface area contributed by atoms with Crippen LogP contribution in [0.1, 0.15) is 44.1 Å². The van der Waals surface area contributed by atoms with Crippen LogP contribution in [-0.2, 0) is 6.42 Å². The Morgan fingerprint density at radius 3 is 2.93 bits per heavy atom. The van der Waals surface area contributed by atoms with E-state index in [2.05, 4.69) is 16.9 Å². The highest BCUT2D eigenvalue weighted by Gasteiger charge is 1.97. The van der Waals surface area contributed by atoms with E-state index in [0.717, 1.165) is 18.5 Å². The van der Waals surface area contributed by atoms with Crippen molar-refractivity contribution in [2.24, 2.45) is 0 Å². The first kappa shape index (κ1) is 10.6. The molecule has 0 aliphatic rings. The zero-order valence-corrected chi connectivity index (χ0v) is 8.53. The topological polar surface area (TPSA) is 49.6 Å². The number of unbranched alkanes of at least 4 members (excludes halogenated alkanes) is 3. The SMILES string of the molecule is CCCCCCc1ccnc(C#N)n1. The Balaban J connectivity index is 2.39. The van der Waals surface area contributed by atoms with Gasteiger partial charge < -0.3 is 0 Å². The minimum absolute atomic E-state index is 0.276. The molecule has 1 rings (SSSR count). The Morgan fingerprint density at radius 1 is 1.36 bits per heavy atom. The lowest BCUT2D eigenvalue weighted by molar-refractivity contribution is 0.659. The molecule has 0 bridgehead atoms. The molecule has 3 nitrogen and oxygen atoms in total. The molecule has 74 valence electrons. The zero-order chi connectivity index (χ0) is 10.2. The van der Waals surface area contributed by atoms with Gasteiger partial charge in [0.25, 0.3) is 0 Å². The zero-order valence-electron chi connectivity index (χ0n) is 8.53. The molecule has 0 aliphatic heterocycles. The van der Waals surface area contributed by atoms with E-state index >= 15 is 0 Å². The van der Waals surface area contributed by atoms with Crippen molar-refractivity contribution in [1.82, 2.24) is 9.97 Å². The Hall–Kier alpha value is -1.43. The molecule has 0 spiro atoms. The van der Waals surface area contributed by atoms with Crippen LogP contribution in [0.4, 0.5) is 0 Å². The highest BCUT2D eigenvalue weighted by molar-refractivity contribution is 5.12. The van der Waals surface area contributed by atoms with Gasteiger partial charge in [-0.1, -0.05) is 26.2 Å². The van der Waals surface area contributed by atoms with Crippen molar-refractivity contribution >= 4 is 0 Å². The lowest BCUT2D eigenvalue weighted by Gasteiger charge is -1.99. The van der Waals surface area contributed by atoms with Gasteiger partial charge in [0.2, 0.25) is 5.82 Å². The summed E-state index contributed by atoms with van der Waals surface area (Å²) in [5, 5.41) is 8.60. The van der Waals surface area contributed by atoms with Crippen LogP contribution in [0.25, 0.3) is 0 Å². The van der Waals surface area contributed by atoms with Crippen molar-refractivity contribution in [1.29, 1.82) is 5.26 Å². The number of nitrogens with zero attached hydrogens (tertiary/aromatic N) is 3. The first-order valence-electron chi connectivity index (χ1n) is 5.09. The van der Waals surface area contributed by atoms with Gasteiger partial charge in [-0.15, -0.1) is 0 Å². The molecular weight excluding hydrogens is 174 g/mol. The summed E-state index contributed by atoms with van der Waals surface area (Å²) in [7, 11) is 0. The molecule has 1 heterocycles. The van der Waals surface area contributed by atoms with E-state index < -0.39 is 0 Å². The van der Waals surface area contributed by atoms with E-state index in [9.17, 15) is 0 Å². The van der Waals surface area contributed by atoms with E-state index in [4.69, 9.17) is 5.26 Å². The van der Waals surface area contributed by atoms with Gasteiger partial charge in [-0.3, -0.25) is 0 Å². The van der Waals surface area contributed by atoms with Gasteiger partial charge in [-0.25, -0.2) is 9.97 Å². The van der Waals surface area contributed by atoms with Crippen LogP contribution >= 0.6 is 0 Å². The summed E-state index contributed by atoms with van der Waals surface area (Å²) < 4.78 is 0. The Bertz CT molecular complexity index is 315. The van der Waals surface area contributed by atoms with Crippen molar-refractivity contribution in [3.8, 4) is 6.07 Å². The first-order valence-corrected chi connectivity index (χ1v) is 5.09. The van der Waals surface area contributed by atoms with E-state index in [0.29, 0.717) is 0 Å². The predicted octanol–water partition coefficient (Wildman–Crippen LogP) is 2.47. The van der Waals surface area contributed by atoms with Crippen molar-refractivity contribution in [3.05, 3.63) is 23.8 Å². The fourth-order valence-corrected chi connectivity index (χ4v) is 1.32. The summed E-state index contributed by atoms with van der Waals surface area (Å²) >= 11 is 0. The maximum atomic E-state index is 8.60. The first-order chi connectivity index (χ1) is 6.86. The molecule has 0 aliphatic carbocycles. The molecular formula is C11H15N3. The van der Waals surface area contributed by atoms with Crippen LogP contribution in [0.15, 0.2) is 12.3 Å². The Labute approximate surface area is 84.8 Å². The number of aryl methyl sites for hydroxylation is 1. The summed E-state index contributed by atoms with van der Waals surface area (Å²) in [5.41, 5.74) is 0.979. The molecule has 0 radical (unpaired) electrons. The third kappa shape index (κ3) is 3.53. The number of hydrogen-bond acceptors (Lipinski definition) is 3. The molecule has 1 aromatic rings. The quantitative estimate of drug-likeness (QED) is 0.668. The normalized spacial score (nSPS) is 9.71. The van der Waals surface area contributed by atoms with Gasteiger partial charge in [-0.2, -0.15) is 5.26 Å². The molecule has 14 heavy (non-hydrogen) atoms. The molecule has 0 unspecified atom stereocenters. The second-order valence-corrected chi connectivity index (χ2v) is 3.29. The second kappa shape index (κ2) is 6.09. The molecule has 0 saturated heterocycles. The van der Waals surface area contributed by atoms with Gasteiger partial charge >= 0.3 is 0 Å². The van der Waals surface area contributed by atoms with Gasteiger partial charge in [0.1, 0.15) is 6.07 Å². The van der Waals surface area contributed by atoms with Gasteiger partial charge in [0.05, 0.1) is 0 Å². The lowest BCUT2D eigenvalue weighted by Crippen LogP contribution is -1.95. The maximum Gasteiger partial charge on any atom is 0.232 e. The Morgan fingerprint density at radius 2 is 2.21 bits per heavy atom. The highest BCUT2D eigenvalue weighted by Crippen LogP contribution is 2.05. The summed E-state index contributed by atoms with van der Waals surface area (Å²) in [6.45, 7) is 2.19. The molecule has 0 atom stereocenters. The monoisotopic (exact) mass is 189 g/mol. The number of hydrogen-bond donors (Lipinski definition) is 0.